The van der Waals surface area contributed by atoms with Crippen LogP contribution in [0.4, 0.5) is 0 Å². The zero-order chi connectivity index (χ0) is 17.3. The van der Waals surface area contributed by atoms with E-state index in [0.29, 0.717) is 24.0 Å². The van der Waals surface area contributed by atoms with Crippen molar-refractivity contribution >= 4 is 22.4 Å². The molecule has 2 saturated heterocycles. The zero-order valence-corrected chi connectivity index (χ0v) is 16.8. The van der Waals surface area contributed by atoms with Gasteiger partial charge in [-0.1, -0.05) is 0 Å². The van der Waals surface area contributed by atoms with Crippen LogP contribution in [0.15, 0.2) is 17.0 Å². The largest absolute Gasteiger partial charge is 0.496 e. The van der Waals surface area contributed by atoms with Crippen LogP contribution < -0.4 is 10.1 Å². The van der Waals surface area contributed by atoms with E-state index in [-0.39, 0.29) is 12.4 Å². The number of hydrogen-bond donors (Lipinski definition) is 1. The highest BCUT2D eigenvalue weighted by molar-refractivity contribution is 7.89. The summed E-state index contributed by atoms with van der Waals surface area (Å²) in [6.45, 7) is 8.87. The maximum Gasteiger partial charge on any atom is 0.243 e. The Morgan fingerprint density at radius 3 is 2.44 bits per heavy atom. The van der Waals surface area contributed by atoms with Crippen molar-refractivity contribution in [1.29, 1.82) is 0 Å². The van der Waals surface area contributed by atoms with Gasteiger partial charge < -0.3 is 10.1 Å². The molecule has 2 aliphatic rings. The van der Waals surface area contributed by atoms with E-state index in [1.165, 1.54) is 0 Å². The van der Waals surface area contributed by atoms with Crippen molar-refractivity contribution in [1.82, 2.24) is 14.5 Å². The fourth-order valence-corrected chi connectivity index (χ4v) is 5.46. The highest BCUT2D eigenvalue weighted by Crippen LogP contribution is 2.30. The molecule has 1 atom stereocenters. The topological polar surface area (TPSA) is 61.9 Å². The van der Waals surface area contributed by atoms with E-state index in [2.05, 4.69) is 10.2 Å². The van der Waals surface area contributed by atoms with Crippen LogP contribution in [0, 0.1) is 13.8 Å². The van der Waals surface area contributed by atoms with Crippen LogP contribution in [0.1, 0.15) is 17.5 Å². The van der Waals surface area contributed by atoms with Crippen molar-refractivity contribution in [2.24, 2.45) is 0 Å². The number of hydrogen-bond acceptors (Lipinski definition) is 5. The third-order valence-corrected chi connectivity index (χ3v) is 7.11. The lowest BCUT2D eigenvalue weighted by atomic mass is 10.1. The van der Waals surface area contributed by atoms with E-state index < -0.39 is 10.0 Å². The van der Waals surface area contributed by atoms with Crippen LogP contribution in [0.3, 0.4) is 0 Å². The van der Waals surface area contributed by atoms with Crippen molar-refractivity contribution in [3.05, 3.63) is 23.3 Å². The number of sulfonamides is 1. The van der Waals surface area contributed by atoms with Gasteiger partial charge in [0.1, 0.15) is 5.75 Å². The summed E-state index contributed by atoms with van der Waals surface area (Å²) in [6.07, 6.45) is 0.910. The Balaban J connectivity index is 0.00000225. The minimum Gasteiger partial charge on any atom is -0.496 e. The second kappa shape index (κ2) is 8.22. The van der Waals surface area contributed by atoms with Crippen LogP contribution in [-0.2, 0) is 10.0 Å². The molecule has 0 spiro atoms. The first-order chi connectivity index (χ1) is 11.4. The summed E-state index contributed by atoms with van der Waals surface area (Å²) >= 11 is 0. The zero-order valence-electron chi connectivity index (χ0n) is 15.1. The van der Waals surface area contributed by atoms with Gasteiger partial charge in [-0.2, -0.15) is 4.31 Å². The number of ether oxygens (including phenoxy) is 1. The Hall–Kier alpha value is -0.860. The molecule has 25 heavy (non-hydrogen) atoms. The molecule has 2 fully saturated rings. The number of nitrogens with zero attached hydrogens (tertiary/aromatic N) is 2. The van der Waals surface area contributed by atoms with Gasteiger partial charge in [0.2, 0.25) is 10.0 Å². The molecular weight excluding hydrogens is 362 g/mol. The molecule has 1 unspecified atom stereocenters. The van der Waals surface area contributed by atoms with Crippen LogP contribution in [0.25, 0.3) is 0 Å². The molecule has 0 saturated carbocycles. The number of methoxy groups -OCH3 is 1. The number of aryl methyl sites for hydroxylation is 2. The third kappa shape index (κ3) is 4.11. The van der Waals surface area contributed by atoms with Crippen LogP contribution in [0.2, 0.25) is 0 Å². The third-order valence-electron chi connectivity index (χ3n) is 5.10. The van der Waals surface area contributed by atoms with E-state index in [4.69, 9.17) is 4.74 Å². The molecule has 3 rings (SSSR count). The average Bonchev–Trinajstić information content (AvgIpc) is 3.08. The summed E-state index contributed by atoms with van der Waals surface area (Å²) in [6, 6.07) is 3.88. The molecule has 0 radical (unpaired) electrons. The number of nitrogens with one attached hydrogen (secondary N) is 1. The van der Waals surface area contributed by atoms with Crippen molar-refractivity contribution in [2.75, 3.05) is 46.4 Å². The molecule has 2 heterocycles. The molecule has 142 valence electrons. The van der Waals surface area contributed by atoms with Crippen LogP contribution >= 0.6 is 12.4 Å². The summed E-state index contributed by atoms with van der Waals surface area (Å²) < 4.78 is 33.1. The fourth-order valence-electron chi connectivity index (χ4n) is 3.67. The average molecular weight is 390 g/mol. The molecule has 1 aromatic carbocycles. The predicted molar refractivity (Wildman–Crippen MR) is 101 cm³/mol. The van der Waals surface area contributed by atoms with E-state index >= 15 is 0 Å². The Labute approximate surface area is 157 Å². The fraction of sp³-hybridized carbons (Fsp3) is 0.647. The van der Waals surface area contributed by atoms with E-state index in [9.17, 15) is 8.42 Å². The van der Waals surface area contributed by atoms with Crippen molar-refractivity contribution < 1.29 is 13.2 Å². The van der Waals surface area contributed by atoms with Crippen LogP contribution in [-0.4, -0.2) is 70.0 Å². The maximum atomic E-state index is 13.1. The highest BCUT2D eigenvalue weighted by atomic mass is 35.5. The van der Waals surface area contributed by atoms with Crippen molar-refractivity contribution in [3.63, 3.8) is 0 Å². The normalized spacial score (nSPS) is 22.6. The van der Waals surface area contributed by atoms with Gasteiger partial charge in [-0.3, -0.25) is 4.90 Å². The predicted octanol–water partition coefficient (Wildman–Crippen LogP) is 1.40. The van der Waals surface area contributed by atoms with Gasteiger partial charge >= 0.3 is 0 Å². The minimum absolute atomic E-state index is 0. The van der Waals surface area contributed by atoms with Gasteiger partial charge in [-0.05, 0) is 43.5 Å². The first-order valence-corrected chi connectivity index (χ1v) is 9.97. The molecular formula is C17H28ClN3O3S. The van der Waals surface area contributed by atoms with Gasteiger partial charge in [0, 0.05) is 45.3 Å². The number of benzene rings is 1. The molecule has 1 N–H and O–H groups in total. The van der Waals surface area contributed by atoms with Gasteiger partial charge in [-0.15, -0.1) is 12.4 Å². The van der Waals surface area contributed by atoms with Gasteiger partial charge in [-0.25, -0.2) is 8.42 Å². The summed E-state index contributed by atoms with van der Waals surface area (Å²) in [5.74, 6) is 0.728. The number of halogens is 1. The molecule has 0 amide bonds. The smallest absolute Gasteiger partial charge is 0.243 e. The second-order valence-corrected chi connectivity index (χ2v) is 8.59. The SMILES string of the molecule is COc1cc(C)c(S(=O)(=O)N2CCC(N3CCNCC3)C2)cc1C.Cl. The molecule has 0 aliphatic carbocycles. The Morgan fingerprint density at radius 1 is 1.12 bits per heavy atom. The monoisotopic (exact) mass is 389 g/mol. The Bertz CT molecular complexity index is 705. The van der Waals surface area contributed by atoms with E-state index in [0.717, 1.165) is 49.5 Å². The van der Waals surface area contributed by atoms with Gasteiger partial charge in [0.05, 0.1) is 12.0 Å². The summed E-state index contributed by atoms with van der Waals surface area (Å²) in [4.78, 5) is 2.82. The van der Waals surface area contributed by atoms with Gasteiger partial charge in [0.25, 0.3) is 0 Å². The molecule has 8 heteroatoms. The minimum atomic E-state index is -3.45. The quantitative estimate of drug-likeness (QED) is 0.843. The summed E-state index contributed by atoms with van der Waals surface area (Å²) in [5.41, 5.74) is 1.59. The lowest BCUT2D eigenvalue weighted by Crippen LogP contribution is -2.49. The lowest BCUT2D eigenvalue weighted by molar-refractivity contribution is 0.179. The summed E-state index contributed by atoms with van der Waals surface area (Å²) in [5, 5.41) is 3.34. The van der Waals surface area contributed by atoms with Crippen molar-refractivity contribution in [3.8, 4) is 5.75 Å². The van der Waals surface area contributed by atoms with E-state index in [1.807, 2.05) is 19.9 Å². The molecule has 2 aliphatic heterocycles. The van der Waals surface area contributed by atoms with E-state index in [1.54, 1.807) is 17.5 Å². The molecule has 1 aromatic rings. The first kappa shape index (κ1) is 20.5. The van der Waals surface area contributed by atoms with Crippen LogP contribution in [0.5, 0.6) is 5.75 Å². The highest BCUT2D eigenvalue weighted by Gasteiger charge is 2.36. The maximum absolute atomic E-state index is 13.1. The lowest BCUT2D eigenvalue weighted by Gasteiger charge is -2.32. The molecule has 0 bridgehead atoms. The first-order valence-electron chi connectivity index (χ1n) is 8.53. The molecule has 6 nitrogen and oxygen atoms in total. The Kier molecular flexibility index (Phi) is 6.73. The molecule has 0 aromatic heterocycles. The second-order valence-electron chi connectivity index (χ2n) is 6.68. The van der Waals surface area contributed by atoms with Gasteiger partial charge in [0.15, 0.2) is 0 Å². The standard InChI is InChI=1S/C17H27N3O3S.ClH/c1-13-11-17(14(2)10-16(13)23-3)24(21,22)20-7-4-15(12-20)19-8-5-18-6-9-19;/h10-11,15,18H,4-9,12H2,1-3H3;1H. The van der Waals surface area contributed by atoms with Crippen molar-refractivity contribution in [2.45, 2.75) is 31.2 Å². The summed E-state index contributed by atoms with van der Waals surface area (Å²) in [7, 11) is -1.85. The Morgan fingerprint density at radius 2 is 1.80 bits per heavy atom. The number of piperazine rings is 1. The number of rotatable bonds is 4.